The molecule has 0 N–H and O–H groups in total. The van der Waals surface area contributed by atoms with Gasteiger partial charge in [0.2, 0.25) is 0 Å². The van der Waals surface area contributed by atoms with Crippen LogP contribution in [-0.4, -0.2) is 24.1 Å². The second-order valence-electron chi connectivity index (χ2n) is 3.89. The molecular weight excluding hydrogens is 258 g/mol. The predicted molar refractivity (Wildman–Crippen MR) is 42.7 cm³/mol. The SMILES string of the molecule is CC(C)(C)OC(=O)O[C](C(F)(F)F)C(F)(F)F. The Bertz CT molecular complexity index is 260. The average Bonchev–Trinajstić information content (AvgIpc) is 1.91. The Morgan fingerprint density at radius 1 is 0.882 bits per heavy atom. The summed E-state index contributed by atoms with van der Waals surface area (Å²) >= 11 is 0. The van der Waals surface area contributed by atoms with Crippen molar-refractivity contribution in [2.24, 2.45) is 0 Å². The summed E-state index contributed by atoms with van der Waals surface area (Å²) in [4.78, 5) is 10.7. The van der Waals surface area contributed by atoms with Crippen molar-refractivity contribution in [2.75, 3.05) is 0 Å². The van der Waals surface area contributed by atoms with Crippen LogP contribution in [0.25, 0.3) is 0 Å². The molecule has 0 aromatic carbocycles. The first-order valence-electron chi connectivity index (χ1n) is 4.15. The molecule has 0 aromatic heterocycles. The number of halogens is 6. The molecule has 0 aromatic rings. The molecule has 0 fully saturated rings. The first kappa shape index (κ1) is 15.9. The van der Waals surface area contributed by atoms with Crippen LogP contribution in [0.4, 0.5) is 31.1 Å². The average molecular weight is 267 g/mol. The molecule has 0 bridgehead atoms. The molecule has 0 aliphatic heterocycles. The van der Waals surface area contributed by atoms with E-state index in [2.05, 4.69) is 9.47 Å². The number of carbonyl (C=O) groups excluding carboxylic acids is 1. The van der Waals surface area contributed by atoms with E-state index in [0.717, 1.165) is 0 Å². The second-order valence-corrected chi connectivity index (χ2v) is 3.89. The van der Waals surface area contributed by atoms with Gasteiger partial charge in [0.1, 0.15) is 5.60 Å². The van der Waals surface area contributed by atoms with E-state index in [1.807, 2.05) is 0 Å². The molecule has 0 aliphatic rings. The molecular formula is C8H9F6O3. The van der Waals surface area contributed by atoms with Gasteiger partial charge >= 0.3 is 24.6 Å². The number of rotatable bonds is 1. The molecule has 0 amide bonds. The fourth-order valence-corrected chi connectivity index (χ4v) is 0.631. The van der Waals surface area contributed by atoms with Crippen molar-refractivity contribution in [3.8, 4) is 0 Å². The summed E-state index contributed by atoms with van der Waals surface area (Å²) in [6.45, 7) is 3.78. The zero-order valence-corrected chi connectivity index (χ0v) is 8.99. The Kier molecular flexibility index (Phi) is 4.30. The van der Waals surface area contributed by atoms with Crippen LogP contribution in [0, 0.1) is 6.10 Å². The monoisotopic (exact) mass is 267 g/mol. The van der Waals surface area contributed by atoms with Crippen LogP contribution in [-0.2, 0) is 9.47 Å². The fourth-order valence-electron chi connectivity index (χ4n) is 0.631. The minimum Gasteiger partial charge on any atom is -0.429 e. The van der Waals surface area contributed by atoms with Crippen LogP contribution >= 0.6 is 0 Å². The molecule has 1 radical (unpaired) electrons. The molecule has 0 heterocycles. The molecule has 0 atom stereocenters. The van der Waals surface area contributed by atoms with Gasteiger partial charge in [-0.25, -0.2) is 4.79 Å². The topological polar surface area (TPSA) is 35.5 Å². The van der Waals surface area contributed by atoms with E-state index in [0.29, 0.717) is 0 Å². The third kappa shape index (κ3) is 6.22. The molecule has 9 heteroatoms. The highest BCUT2D eigenvalue weighted by Gasteiger charge is 2.62. The first-order chi connectivity index (χ1) is 7.23. The van der Waals surface area contributed by atoms with Crippen LogP contribution in [0.5, 0.6) is 0 Å². The summed E-state index contributed by atoms with van der Waals surface area (Å²) in [6.07, 6.45) is -17.0. The highest BCUT2D eigenvalue weighted by molar-refractivity contribution is 5.61. The van der Waals surface area contributed by atoms with Crippen LogP contribution in [0.2, 0.25) is 0 Å². The Morgan fingerprint density at radius 2 is 1.24 bits per heavy atom. The Balaban J connectivity index is 4.75. The van der Waals surface area contributed by atoms with Crippen LogP contribution in [0.3, 0.4) is 0 Å². The zero-order valence-electron chi connectivity index (χ0n) is 8.99. The number of carbonyl (C=O) groups is 1. The Labute approximate surface area is 92.7 Å². The summed E-state index contributed by atoms with van der Waals surface area (Å²) in [5, 5.41) is 0. The Morgan fingerprint density at radius 3 is 1.47 bits per heavy atom. The van der Waals surface area contributed by atoms with Gasteiger partial charge in [-0.2, -0.15) is 26.3 Å². The molecule has 101 valence electrons. The van der Waals surface area contributed by atoms with Gasteiger partial charge in [0.05, 0.1) is 0 Å². The van der Waals surface area contributed by atoms with Gasteiger partial charge < -0.3 is 9.47 Å². The number of ether oxygens (including phenoxy) is 2. The Hall–Kier alpha value is -1.15. The molecule has 17 heavy (non-hydrogen) atoms. The van der Waals surface area contributed by atoms with E-state index in [9.17, 15) is 31.1 Å². The molecule has 0 spiro atoms. The lowest BCUT2D eigenvalue weighted by Crippen LogP contribution is -2.39. The van der Waals surface area contributed by atoms with Crippen LogP contribution < -0.4 is 0 Å². The van der Waals surface area contributed by atoms with E-state index in [4.69, 9.17) is 0 Å². The largest absolute Gasteiger partial charge is 0.510 e. The van der Waals surface area contributed by atoms with E-state index >= 15 is 0 Å². The minimum absolute atomic E-state index is 1.26. The van der Waals surface area contributed by atoms with E-state index < -0.39 is 30.2 Å². The highest BCUT2D eigenvalue weighted by Crippen LogP contribution is 2.42. The highest BCUT2D eigenvalue weighted by atomic mass is 19.4. The van der Waals surface area contributed by atoms with E-state index in [1.54, 1.807) is 0 Å². The van der Waals surface area contributed by atoms with Gasteiger partial charge in [-0.05, 0) is 20.8 Å². The van der Waals surface area contributed by atoms with Crippen molar-refractivity contribution < 1.29 is 40.6 Å². The van der Waals surface area contributed by atoms with E-state index in [-0.39, 0.29) is 0 Å². The smallest absolute Gasteiger partial charge is 0.429 e. The standard InChI is InChI=1S/C8H9F6O3/c1-6(2,3)17-5(15)16-4(7(9,10)11)8(12,13)14/h1-3H3. The van der Waals surface area contributed by atoms with Crippen molar-refractivity contribution in [2.45, 2.75) is 38.7 Å². The molecule has 0 aliphatic carbocycles. The van der Waals surface area contributed by atoms with Crippen molar-refractivity contribution in [1.29, 1.82) is 0 Å². The number of hydrogen-bond acceptors (Lipinski definition) is 3. The van der Waals surface area contributed by atoms with Crippen LogP contribution in [0.15, 0.2) is 0 Å². The maximum absolute atomic E-state index is 11.9. The minimum atomic E-state index is -5.82. The van der Waals surface area contributed by atoms with Crippen molar-refractivity contribution in [3.05, 3.63) is 6.10 Å². The van der Waals surface area contributed by atoms with Crippen molar-refractivity contribution in [1.82, 2.24) is 0 Å². The predicted octanol–water partition coefficient (Wildman–Crippen LogP) is 3.59. The summed E-state index contributed by atoms with van der Waals surface area (Å²) < 4.78 is 78.9. The quantitative estimate of drug-likeness (QED) is 0.538. The summed E-state index contributed by atoms with van der Waals surface area (Å²) in [6, 6.07) is 0. The van der Waals surface area contributed by atoms with Crippen LogP contribution in [0.1, 0.15) is 20.8 Å². The van der Waals surface area contributed by atoms with Crippen molar-refractivity contribution >= 4 is 6.16 Å². The summed E-state index contributed by atoms with van der Waals surface area (Å²) in [5.41, 5.74) is -1.26. The third-order valence-electron chi connectivity index (χ3n) is 1.09. The zero-order chi connectivity index (χ0) is 14.1. The third-order valence-corrected chi connectivity index (χ3v) is 1.09. The summed E-state index contributed by atoms with van der Waals surface area (Å²) in [5.74, 6) is 0. The van der Waals surface area contributed by atoms with Crippen molar-refractivity contribution in [3.63, 3.8) is 0 Å². The number of alkyl halides is 6. The maximum Gasteiger partial charge on any atom is 0.510 e. The lowest BCUT2D eigenvalue weighted by molar-refractivity contribution is -0.255. The van der Waals surface area contributed by atoms with Gasteiger partial charge in [-0.1, -0.05) is 0 Å². The molecule has 0 saturated heterocycles. The van der Waals surface area contributed by atoms with Gasteiger partial charge in [-0.15, -0.1) is 0 Å². The van der Waals surface area contributed by atoms with Gasteiger partial charge in [0.15, 0.2) is 0 Å². The van der Waals surface area contributed by atoms with E-state index in [1.165, 1.54) is 20.8 Å². The lowest BCUT2D eigenvalue weighted by atomic mass is 10.2. The summed E-state index contributed by atoms with van der Waals surface area (Å²) in [7, 11) is 0. The van der Waals surface area contributed by atoms with Gasteiger partial charge in [-0.3, -0.25) is 0 Å². The van der Waals surface area contributed by atoms with Gasteiger partial charge in [0.25, 0.3) is 0 Å². The number of hydrogen-bond donors (Lipinski definition) is 0. The molecule has 0 saturated carbocycles. The lowest BCUT2D eigenvalue weighted by Gasteiger charge is -2.24. The molecule has 0 rings (SSSR count). The fraction of sp³-hybridized carbons (Fsp3) is 0.750. The molecule has 0 unspecified atom stereocenters. The van der Waals surface area contributed by atoms with Gasteiger partial charge in [0, 0.05) is 0 Å². The normalized spacial score (nSPS) is 13.8. The molecule has 3 nitrogen and oxygen atoms in total. The first-order valence-corrected chi connectivity index (χ1v) is 4.15. The second kappa shape index (κ2) is 4.61. The maximum atomic E-state index is 11.9.